The predicted molar refractivity (Wildman–Crippen MR) is 107 cm³/mol. The van der Waals surface area contributed by atoms with Gasteiger partial charge in [-0.1, -0.05) is 30.3 Å². The smallest absolute Gasteiger partial charge is 0.329 e. The molecule has 2 aromatic carbocycles. The highest BCUT2D eigenvalue weighted by atomic mass is 16.2. The first-order valence-corrected chi connectivity index (χ1v) is 9.48. The molecule has 1 unspecified atom stereocenters. The molecule has 0 saturated carbocycles. The maximum atomic E-state index is 13.1. The summed E-state index contributed by atoms with van der Waals surface area (Å²) in [6.45, 7) is 5.04. The molecule has 140 valence electrons. The summed E-state index contributed by atoms with van der Waals surface area (Å²) >= 11 is 0. The van der Waals surface area contributed by atoms with Crippen molar-refractivity contribution in [3.8, 4) is 0 Å². The molecule has 3 aromatic rings. The molecule has 1 aliphatic rings. The van der Waals surface area contributed by atoms with Gasteiger partial charge in [-0.15, -0.1) is 0 Å². The highest BCUT2D eigenvalue weighted by Gasteiger charge is 2.30. The Labute approximate surface area is 158 Å². The van der Waals surface area contributed by atoms with E-state index in [0.717, 1.165) is 30.4 Å². The summed E-state index contributed by atoms with van der Waals surface area (Å²) < 4.78 is 3.20. The second-order valence-corrected chi connectivity index (χ2v) is 7.51. The molecule has 0 N–H and O–H groups in total. The fraction of sp³-hybridized carbons (Fsp3) is 0.364. The molecule has 2 heterocycles. The molecule has 5 heteroatoms. The quantitative estimate of drug-likeness (QED) is 0.717. The van der Waals surface area contributed by atoms with Crippen LogP contribution in [-0.2, 0) is 18.4 Å². The lowest BCUT2D eigenvalue weighted by atomic mass is 9.99. The highest BCUT2D eigenvalue weighted by molar-refractivity contribution is 5.81. The van der Waals surface area contributed by atoms with Crippen molar-refractivity contribution < 1.29 is 4.79 Å². The summed E-state index contributed by atoms with van der Waals surface area (Å²) in [5.41, 5.74) is 5.21. The van der Waals surface area contributed by atoms with Gasteiger partial charge in [0.1, 0.15) is 6.54 Å². The monoisotopic (exact) mass is 363 g/mol. The van der Waals surface area contributed by atoms with E-state index in [1.165, 1.54) is 16.7 Å². The lowest BCUT2D eigenvalue weighted by Gasteiger charge is -2.26. The molecule has 1 fully saturated rings. The van der Waals surface area contributed by atoms with Crippen molar-refractivity contribution in [1.29, 1.82) is 0 Å². The third kappa shape index (κ3) is 2.97. The molecule has 5 nitrogen and oxygen atoms in total. The van der Waals surface area contributed by atoms with Crippen molar-refractivity contribution in [3.05, 3.63) is 69.6 Å². The number of likely N-dealkylation sites (tertiary alicyclic amines) is 1. The molecular weight excluding hydrogens is 338 g/mol. The number of amides is 1. The van der Waals surface area contributed by atoms with Gasteiger partial charge in [-0.05, 0) is 55.5 Å². The van der Waals surface area contributed by atoms with Gasteiger partial charge in [-0.3, -0.25) is 13.9 Å². The first kappa shape index (κ1) is 17.6. The Bertz CT molecular complexity index is 1080. The van der Waals surface area contributed by atoms with Crippen molar-refractivity contribution in [2.75, 3.05) is 6.54 Å². The van der Waals surface area contributed by atoms with E-state index >= 15 is 0 Å². The normalized spacial score (nSPS) is 17.0. The first-order chi connectivity index (χ1) is 13.0. The second-order valence-electron chi connectivity index (χ2n) is 7.51. The molecule has 0 bridgehead atoms. The zero-order valence-corrected chi connectivity index (χ0v) is 16.1. The number of aromatic nitrogens is 2. The Kier molecular flexibility index (Phi) is 4.38. The van der Waals surface area contributed by atoms with Crippen LogP contribution in [-0.4, -0.2) is 26.5 Å². The number of benzene rings is 2. The van der Waals surface area contributed by atoms with E-state index in [1.54, 1.807) is 16.2 Å². The minimum atomic E-state index is -0.147. The number of carbonyl (C=O) groups is 1. The van der Waals surface area contributed by atoms with Gasteiger partial charge in [0.15, 0.2) is 0 Å². The average molecular weight is 363 g/mol. The molecule has 0 spiro atoms. The minimum absolute atomic E-state index is 0.00850. The third-order valence-corrected chi connectivity index (χ3v) is 5.83. The summed E-state index contributed by atoms with van der Waals surface area (Å²) in [5.74, 6) is 0.00850. The van der Waals surface area contributed by atoms with Crippen molar-refractivity contribution >= 4 is 16.9 Å². The van der Waals surface area contributed by atoms with Gasteiger partial charge in [0.05, 0.1) is 17.1 Å². The SMILES string of the molecule is Cc1ccc(C2CCCN2C(=O)Cn2c(=O)n(C)c3ccccc32)cc1C. The largest absolute Gasteiger partial charge is 0.334 e. The number of rotatable bonds is 3. The van der Waals surface area contributed by atoms with Crippen LogP contribution in [0.5, 0.6) is 0 Å². The van der Waals surface area contributed by atoms with Gasteiger partial charge < -0.3 is 4.90 Å². The van der Waals surface area contributed by atoms with E-state index in [4.69, 9.17) is 0 Å². The summed E-state index contributed by atoms with van der Waals surface area (Å²) in [6, 6.07) is 14.2. The summed E-state index contributed by atoms with van der Waals surface area (Å²) in [5, 5.41) is 0. The van der Waals surface area contributed by atoms with Crippen LogP contribution in [0.2, 0.25) is 0 Å². The molecule has 4 rings (SSSR count). The van der Waals surface area contributed by atoms with E-state index in [1.807, 2.05) is 29.2 Å². The molecule has 0 radical (unpaired) electrons. The molecule has 1 aliphatic heterocycles. The average Bonchev–Trinajstić information content (AvgIpc) is 3.24. The molecular formula is C22H25N3O2. The summed E-state index contributed by atoms with van der Waals surface area (Å²) in [4.78, 5) is 27.7. The lowest BCUT2D eigenvalue weighted by Crippen LogP contribution is -2.36. The third-order valence-electron chi connectivity index (χ3n) is 5.83. The Morgan fingerprint density at radius 3 is 2.56 bits per heavy atom. The number of hydrogen-bond acceptors (Lipinski definition) is 2. The Balaban J connectivity index is 1.64. The number of aryl methyl sites for hydroxylation is 3. The number of fused-ring (bicyclic) bond motifs is 1. The van der Waals surface area contributed by atoms with Gasteiger partial charge >= 0.3 is 5.69 Å². The molecule has 0 aliphatic carbocycles. The van der Waals surface area contributed by atoms with Crippen molar-refractivity contribution in [2.45, 2.75) is 39.3 Å². The number of para-hydroxylation sites is 2. The summed E-state index contributed by atoms with van der Waals surface area (Å²) in [7, 11) is 1.75. The zero-order chi connectivity index (χ0) is 19.1. The fourth-order valence-corrected chi connectivity index (χ4v) is 4.13. The maximum absolute atomic E-state index is 13.1. The van der Waals surface area contributed by atoms with E-state index in [-0.39, 0.29) is 24.2 Å². The van der Waals surface area contributed by atoms with Crippen LogP contribution in [0.3, 0.4) is 0 Å². The molecule has 27 heavy (non-hydrogen) atoms. The van der Waals surface area contributed by atoms with E-state index in [9.17, 15) is 9.59 Å². The van der Waals surface area contributed by atoms with Crippen molar-refractivity contribution in [3.63, 3.8) is 0 Å². The topological polar surface area (TPSA) is 47.2 Å². The highest BCUT2D eigenvalue weighted by Crippen LogP contribution is 2.33. The number of hydrogen-bond donors (Lipinski definition) is 0. The van der Waals surface area contributed by atoms with Gasteiger partial charge in [0.25, 0.3) is 0 Å². The van der Waals surface area contributed by atoms with Crippen LogP contribution in [0.1, 0.15) is 35.6 Å². The fourth-order valence-electron chi connectivity index (χ4n) is 4.13. The lowest BCUT2D eigenvalue weighted by molar-refractivity contribution is -0.132. The van der Waals surface area contributed by atoms with Gasteiger partial charge in [-0.2, -0.15) is 0 Å². The number of imidazole rings is 1. The van der Waals surface area contributed by atoms with Crippen LogP contribution in [0.25, 0.3) is 11.0 Å². The van der Waals surface area contributed by atoms with Crippen LogP contribution in [0.4, 0.5) is 0 Å². The Morgan fingerprint density at radius 1 is 1.07 bits per heavy atom. The predicted octanol–water partition coefficient (Wildman–Crippen LogP) is 3.32. The minimum Gasteiger partial charge on any atom is -0.334 e. The van der Waals surface area contributed by atoms with Crippen LogP contribution < -0.4 is 5.69 Å². The van der Waals surface area contributed by atoms with Gasteiger partial charge in [0.2, 0.25) is 5.91 Å². The standard InChI is InChI=1S/C22H25N3O2/c1-15-10-11-17(13-16(15)2)18-9-6-12-24(18)21(26)14-25-20-8-5-4-7-19(20)23(3)22(25)27/h4-5,7-8,10-11,13,18H,6,9,12,14H2,1-3H3. The molecule has 1 amide bonds. The van der Waals surface area contributed by atoms with E-state index in [2.05, 4.69) is 32.0 Å². The van der Waals surface area contributed by atoms with E-state index < -0.39 is 0 Å². The molecule has 1 aromatic heterocycles. The van der Waals surface area contributed by atoms with Crippen molar-refractivity contribution in [1.82, 2.24) is 14.0 Å². The van der Waals surface area contributed by atoms with Crippen LogP contribution in [0.15, 0.2) is 47.3 Å². The van der Waals surface area contributed by atoms with Gasteiger partial charge in [0, 0.05) is 13.6 Å². The first-order valence-electron chi connectivity index (χ1n) is 9.48. The van der Waals surface area contributed by atoms with Gasteiger partial charge in [-0.25, -0.2) is 4.79 Å². The van der Waals surface area contributed by atoms with Crippen LogP contribution >= 0.6 is 0 Å². The Hall–Kier alpha value is -2.82. The summed E-state index contributed by atoms with van der Waals surface area (Å²) in [6.07, 6.45) is 1.96. The molecule has 1 saturated heterocycles. The van der Waals surface area contributed by atoms with Crippen LogP contribution in [0, 0.1) is 13.8 Å². The Morgan fingerprint density at radius 2 is 1.81 bits per heavy atom. The maximum Gasteiger partial charge on any atom is 0.329 e. The van der Waals surface area contributed by atoms with E-state index in [0.29, 0.717) is 0 Å². The number of carbonyl (C=O) groups excluding carboxylic acids is 1. The number of nitrogens with zero attached hydrogens (tertiary/aromatic N) is 3. The van der Waals surface area contributed by atoms with Crippen molar-refractivity contribution in [2.24, 2.45) is 7.05 Å². The molecule has 1 atom stereocenters. The second kappa shape index (κ2) is 6.72. The zero-order valence-electron chi connectivity index (χ0n) is 16.1.